The summed E-state index contributed by atoms with van der Waals surface area (Å²) in [5.74, 6) is 1.33. The topological polar surface area (TPSA) is 108 Å². The molecule has 3 heterocycles. The monoisotopic (exact) mass is 450 g/mol. The molecule has 0 amide bonds. The van der Waals surface area contributed by atoms with Gasteiger partial charge in [0.2, 0.25) is 15.9 Å². The summed E-state index contributed by atoms with van der Waals surface area (Å²) in [4.78, 5) is 16.7. The molecule has 168 valence electrons. The number of rotatable bonds is 5. The Kier molecular flexibility index (Phi) is 6.19. The summed E-state index contributed by atoms with van der Waals surface area (Å²) in [6.07, 6.45) is 1.54. The van der Waals surface area contributed by atoms with Crippen molar-refractivity contribution < 1.29 is 31.8 Å². The van der Waals surface area contributed by atoms with Crippen LogP contribution in [0.5, 0.6) is 11.5 Å². The molecule has 1 aromatic heterocycles. The molecule has 0 atom stereocenters. The van der Waals surface area contributed by atoms with Gasteiger partial charge in [0.1, 0.15) is 5.76 Å². The first kappa shape index (κ1) is 21.6. The van der Waals surface area contributed by atoms with Gasteiger partial charge in [-0.25, -0.2) is 13.4 Å². The van der Waals surface area contributed by atoms with E-state index in [1.807, 2.05) is 6.92 Å². The van der Waals surface area contributed by atoms with Crippen LogP contribution >= 0.6 is 0 Å². The van der Waals surface area contributed by atoms with Crippen molar-refractivity contribution in [2.24, 2.45) is 5.92 Å². The molecule has 2 aliphatic rings. The zero-order valence-electron chi connectivity index (χ0n) is 17.6. The lowest BCUT2D eigenvalue weighted by Crippen LogP contribution is -2.40. The summed E-state index contributed by atoms with van der Waals surface area (Å²) >= 11 is 0. The second-order valence-electron chi connectivity index (χ2n) is 7.69. The number of oxazole rings is 1. The van der Waals surface area contributed by atoms with Gasteiger partial charge in [-0.2, -0.15) is 4.31 Å². The molecule has 0 aliphatic carbocycles. The number of ether oxygens (including phenoxy) is 3. The van der Waals surface area contributed by atoms with Crippen molar-refractivity contribution >= 4 is 16.0 Å². The predicted octanol–water partition coefficient (Wildman–Crippen LogP) is 2.60. The maximum Gasteiger partial charge on any atom is 0.309 e. The van der Waals surface area contributed by atoms with Crippen LogP contribution in [0.2, 0.25) is 0 Å². The molecule has 0 bridgehead atoms. The SMILES string of the molecule is Cc1nc(COC(=O)C2CCN(S(=O)(=O)c3ccc4c(c3)OCCCO4)CC2)oc1C. The Morgan fingerprint density at radius 3 is 2.55 bits per heavy atom. The fourth-order valence-electron chi connectivity index (χ4n) is 3.64. The summed E-state index contributed by atoms with van der Waals surface area (Å²) in [7, 11) is -3.69. The quantitative estimate of drug-likeness (QED) is 0.640. The van der Waals surface area contributed by atoms with Crippen LogP contribution in [-0.4, -0.2) is 50.0 Å². The average Bonchev–Trinajstić information content (AvgIpc) is 2.95. The highest BCUT2D eigenvalue weighted by atomic mass is 32.2. The Bertz CT molecular complexity index is 1040. The maximum atomic E-state index is 13.1. The first-order valence-electron chi connectivity index (χ1n) is 10.3. The van der Waals surface area contributed by atoms with E-state index in [1.165, 1.54) is 16.4 Å². The van der Waals surface area contributed by atoms with Crippen molar-refractivity contribution in [2.75, 3.05) is 26.3 Å². The Hall–Kier alpha value is -2.59. The number of piperidine rings is 1. The maximum absolute atomic E-state index is 13.1. The van der Waals surface area contributed by atoms with E-state index in [4.69, 9.17) is 18.6 Å². The van der Waals surface area contributed by atoms with Crippen LogP contribution in [0.25, 0.3) is 0 Å². The third kappa shape index (κ3) is 4.69. The number of sulfonamides is 1. The number of nitrogens with zero attached hydrogens (tertiary/aromatic N) is 2. The Balaban J connectivity index is 1.35. The molecule has 31 heavy (non-hydrogen) atoms. The van der Waals surface area contributed by atoms with Crippen LogP contribution in [0, 0.1) is 19.8 Å². The fraction of sp³-hybridized carbons (Fsp3) is 0.524. The number of carbonyl (C=O) groups excluding carboxylic acids is 1. The van der Waals surface area contributed by atoms with Crippen molar-refractivity contribution in [3.8, 4) is 11.5 Å². The number of benzene rings is 1. The van der Waals surface area contributed by atoms with Gasteiger partial charge in [0.25, 0.3) is 0 Å². The normalized spacial score (nSPS) is 17.9. The largest absolute Gasteiger partial charge is 0.490 e. The van der Waals surface area contributed by atoms with Crippen LogP contribution in [0.15, 0.2) is 27.5 Å². The highest BCUT2D eigenvalue weighted by molar-refractivity contribution is 7.89. The van der Waals surface area contributed by atoms with Crippen molar-refractivity contribution in [1.29, 1.82) is 0 Å². The van der Waals surface area contributed by atoms with E-state index in [0.717, 1.165) is 12.1 Å². The molecule has 9 nitrogen and oxygen atoms in total. The number of carbonyl (C=O) groups is 1. The van der Waals surface area contributed by atoms with Gasteiger partial charge in [-0.05, 0) is 38.8 Å². The summed E-state index contributed by atoms with van der Waals surface area (Å²) in [5.41, 5.74) is 0.763. The number of aryl methyl sites for hydroxylation is 2. The highest BCUT2D eigenvalue weighted by Gasteiger charge is 2.33. The predicted molar refractivity (Wildman–Crippen MR) is 109 cm³/mol. The molecule has 10 heteroatoms. The van der Waals surface area contributed by atoms with E-state index < -0.39 is 10.0 Å². The lowest BCUT2D eigenvalue weighted by Gasteiger charge is -2.30. The second kappa shape index (κ2) is 8.88. The van der Waals surface area contributed by atoms with E-state index in [0.29, 0.717) is 49.2 Å². The minimum atomic E-state index is -3.69. The number of hydrogen-bond acceptors (Lipinski definition) is 8. The van der Waals surface area contributed by atoms with Gasteiger partial charge in [-0.3, -0.25) is 4.79 Å². The number of esters is 1. The van der Waals surface area contributed by atoms with Crippen LogP contribution in [0.4, 0.5) is 0 Å². The van der Waals surface area contributed by atoms with Gasteiger partial charge >= 0.3 is 5.97 Å². The molecule has 1 fully saturated rings. The molecule has 2 aromatic rings. The Morgan fingerprint density at radius 2 is 1.87 bits per heavy atom. The third-order valence-electron chi connectivity index (χ3n) is 5.55. The van der Waals surface area contributed by atoms with E-state index in [2.05, 4.69) is 4.98 Å². The molecule has 2 aliphatic heterocycles. The van der Waals surface area contributed by atoms with Crippen LogP contribution in [-0.2, 0) is 26.2 Å². The number of aromatic nitrogens is 1. The number of fused-ring (bicyclic) bond motifs is 1. The highest BCUT2D eigenvalue weighted by Crippen LogP contribution is 2.34. The van der Waals surface area contributed by atoms with Crippen molar-refractivity contribution in [3.63, 3.8) is 0 Å². The minimum absolute atomic E-state index is 0.0246. The first-order valence-corrected chi connectivity index (χ1v) is 11.8. The average molecular weight is 451 g/mol. The minimum Gasteiger partial charge on any atom is -0.490 e. The van der Waals surface area contributed by atoms with Crippen molar-refractivity contribution in [1.82, 2.24) is 9.29 Å². The zero-order valence-corrected chi connectivity index (χ0v) is 18.4. The molecule has 0 radical (unpaired) electrons. The molecule has 1 saturated heterocycles. The summed E-state index contributed by atoms with van der Waals surface area (Å²) in [6, 6.07) is 4.67. The van der Waals surface area contributed by atoms with Gasteiger partial charge in [-0.1, -0.05) is 0 Å². The van der Waals surface area contributed by atoms with Gasteiger partial charge < -0.3 is 18.6 Å². The van der Waals surface area contributed by atoms with Crippen LogP contribution in [0.3, 0.4) is 0 Å². The van der Waals surface area contributed by atoms with Gasteiger partial charge in [0.15, 0.2) is 18.1 Å². The van der Waals surface area contributed by atoms with E-state index in [9.17, 15) is 13.2 Å². The van der Waals surface area contributed by atoms with E-state index >= 15 is 0 Å². The second-order valence-corrected chi connectivity index (χ2v) is 9.63. The van der Waals surface area contributed by atoms with Crippen molar-refractivity contribution in [3.05, 3.63) is 35.5 Å². The van der Waals surface area contributed by atoms with Crippen molar-refractivity contribution in [2.45, 2.75) is 44.6 Å². The van der Waals surface area contributed by atoms with Gasteiger partial charge in [0, 0.05) is 25.6 Å². The number of hydrogen-bond donors (Lipinski definition) is 0. The van der Waals surface area contributed by atoms with Crippen LogP contribution < -0.4 is 9.47 Å². The molecular formula is C21H26N2O7S. The fourth-order valence-corrected chi connectivity index (χ4v) is 5.12. The molecular weight excluding hydrogens is 424 g/mol. The Labute approximate surface area is 181 Å². The Morgan fingerprint density at radius 1 is 1.16 bits per heavy atom. The lowest BCUT2D eigenvalue weighted by atomic mass is 9.98. The standard InChI is InChI=1S/C21H26N2O7S/c1-14-15(2)30-20(22-14)13-29-21(24)16-6-8-23(9-7-16)31(25,26)17-4-5-18-19(12-17)28-11-3-10-27-18/h4-5,12,16H,3,6-11,13H2,1-2H3. The van der Waals surface area contributed by atoms with E-state index in [1.54, 1.807) is 13.0 Å². The van der Waals surface area contributed by atoms with E-state index in [-0.39, 0.29) is 36.5 Å². The summed E-state index contributed by atoms with van der Waals surface area (Å²) in [5, 5.41) is 0. The molecule has 0 N–H and O–H groups in total. The van der Waals surface area contributed by atoms with Gasteiger partial charge in [0.05, 0.1) is 29.7 Å². The first-order chi connectivity index (χ1) is 14.8. The molecule has 4 rings (SSSR count). The summed E-state index contributed by atoms with van der Waals surface area (Å²) < 4.78 is 49.5. The molecule has 0 unspecified atom stereocenters. The van der Waals surface area contributed by atoms with Gasteiger partial charge in [-0.15, -0.1) is 0 Å². The summed E-state index contributed by atoms with van der Waals surface area (Å²) in [6.45, 7) is 5.11. The lowest BCUT2D eigenvalue weighted by molar-refractivity contribution is -0.151. The van der Waals surface area contributed by atoms with Crippen LogP contribution in [0.1, 0.15) is 36.6 Å². The zero-order chi connectivity index (χ0) is 22.0. The third-order valence-corrected chi connectivity index (χ3v) is 7.45. The molecule has 0 saturated carbocycles. The molecule has 1 aromatic carbocycles. The smallest absolute Gasteiger partial charge is 0.309 e. The molecule has 0 spiro atoms.